The maximum atomic E-state index is 12.9. The van der Waals surface area contributed by atoms with E-state index in [1.165, 1.54) is 25.7 Å². The summed E-state index contributed by atoms with van der Waals surface area (Å²) in [6.07, 6.45) is 8.94. The zero-order valence-corrected chi connectivity index (χ0v) is 17.5. The van der Waals surface area contributed by atoms with Crippen molar-refractivity contribution in [3.05, 3.63) is 23.9 Å². The zero-order valence-electron chi connectivity index (χ0n) is 17.5. The standard InChI is InChI=1S/C22H33N5O2/c1-17(21(28)24-19-7-8-19)25-12-14-27(15-13-25)22(29)18-6-9-20(23-16-18)26-10-4-2-3-5-11-26/h6,9,16-17,19H,2-5,7-8,10-15H2,1H3,(H,24,28). The van der Waals surface area contributed by atoms with E-state index in [9.17, 15) is 9.59 Å². The first-order chi connectivity index (χ1) is 14.1. The Labute approximate surface area is 173 Å². The van der Waals surface area contributed by atoms with Crippen LogP contribution in [0, 0.1) is 0 Å². The molecule has 158 valence electrons. The molecule has 1 aliphatic carbocycles. The molecular formula is C22H33N5O2. The van der Waals surface area contributed by atoms with Crippen molar-refractivity contribution in [2.75, 3.05) is 44.2 Å². The fourth-order valence-electron chi connectivity index (χ4n) is 4.21. The molecule has 1 aromatic heterocycles. The predicted octanol–water partition coefficient (Wildman–Crippen LogP) is 1.89. The second-order valence-corrected chi connectivity index (χ2v) is 8.59. The van der Waals surface area contributed by atoms with Gasteiger partial charge in [-0.05, 0) is 44.7 Å². The molecule has 2 amide bonds. The second-order valence-electron chi connectivity index (χ2n) is 8.59. The number of anilines is 1. The largest absolute Gasteiger partial charge is 0.357 e. The molecule has 2 saturated heterocycles. The Morgan fingerprint density at radius 2 is 1.69 bits per heavy atom. The molecule has 7 heteroatoms. The normalized spacial score (nSPS) is 22.1. The number of aromatic nitrogens is 1. The van der Waals surface area contributed by atoms with Crippen LogP contribution in [0.25, 0.3) is 0 Å². The quantitative estimate of drug-likeness (QED) is 0.819. The van der Waals surface area contributed by atoms with Gasteiger partial charge in [0.05, 0.1) is 11.6 Å². The van der Waals surface area contributed by atoms with Gasteiger partial charge in [0.1, 0.15) is 5.82 Å². The van der Waals surface area contributed by atoms with Crippen molar-refractivity contribution in [1.29, 1.82) is 0 Å². The van der Waals surface area contributed by atoms with E-state index in [4.69, 9.17) is 0 Å². The van der Waals surface area contributed by atoms with Gasteiger partial charge in [-0.1, -0.05) is 12.8 Å². The number of piperazine rings is 1. The van der Waals surface area contributed by atoms with Crippen LogP contribution in [0.15, 0.2) is 18.3 Å². The van der Waals surface area contributed by atoms with Gasteiger partial charge in [0.25, 0.3) is 5.91 Å². The highest BCUT2D eigenvalue weighted by molar-refractivity contribution is 5.94. The van der Waals surface area contributed by atoms with E-state index in [2.05, 4.69) is 20.1 Å². The first-order valence-corrected chi connectivity index (χ1v) is 11.2. The molecule has 29 heavy (non-hydrogen) atoms. The van der Waals surface area contributed by atoms with E-state index >= 15 is 0 Å². The molecule has 7 nitrogen and oxygen atoms in total. The monoisotopic (exact) mass is 399 g/mol. The minimum atomic E-state index is -0.137. The molecule has 0 bridgehead atoms. The molecule has 4 rings (SSSR count). The minimum Gasteiger partial charge on any atom is -0.357 e. The van der Waals surface area contributed by atoms with Gasteiger partial charge in [-0.3, -0.25) is 14.5 Å². The topological polar surface area (TPSA) is 68.8 Å². The number of carbonyl (C=O) groups excluding carboxylic acids is 2. The van der Waals surface area contributed by atoms with Crippen molar-refractivity contribution < 1.29 is 9.59 Å². The van der Waals surface area contributed by atoms with Gasteiger partial charge >= 0.3 is 0 Å². The number of amides is 2. The van der Waals surface area contributed by atoms with Crippen LogP contribution in [0.2, 0.25) is 0 Å². The Bertz CT molecular complexity index is 702. The second kappa shape index (κ2) is 9.11. The van der Waals surface area contributed by atoms with Crippen LogP contribution in [0.3, 0.4) is 0 Å². The van der Waals surface area contributed by atoms with Crippen molar-refractivity contribution in [3.63, 3.8) is 0 Å². The molecule has 1 unspecified atom stereocenters. The fourth-order valence-corrected chi connectivity index (χ4v) is 4.21. The summed E-state index contributed by atoms with van der Waals surface area (Å²) in [6, 6.07) is 4.15. The average Bonchev–Trinajstić information content (AvgIpc) is 3.60. The molecule has 2 aliphatic heterocycles. The highest BCUT2D eigenvalue weighted by Crippen LogP contribution is 2.20. The van der Waals surface area contributed by atoms with E-state index in [1.54, 1.807) is 6.20 Å². The summed E-state index contributed by atoms with van der Waals surface area (Å²) < 4.78 is 0. The number of rotatable bonds is 5. The lowest BCUT2D eigenvalue weighted by atomic mass is 10.2. The number of nitrogens with zero attached hydrogens (tertiary/aromatic N) is 4. The number of nitrogens with one attached hydrogen (secondary N) is 1. The van der Waals surface area contributed by atoms with Crippen LogP contribution in [0.1, 0.15) is 55.8 Å². The van der Waals surface area contributed by atoms with E-state index < -0.39 is 0 Å². The van der Waals surface area contributed by atoms with Crippen molar-refractivity contribution >= 4 is 17.6 Å². The summed E-state index contributed by atoms with van der Waals surface area (Å²) in [5.41, 5.74) is 0.650. The van der Waals surface area contributed by atoms with Crippen molar-refractivity contribution in [1.82, 2.24) is 20.1 Å². The van der Waals surface area contributed by atoms with E-state index in [-0.39, 0.29) is 17.9 Å². The smallest absolute Gasteiger partial charge is 0.255 e. The molecule has 1 atom stereocenters. The predicted molar refractivity (Wildman–Crippen MR) is 113 cm³/mol. The Morgan fingerprint density at radius 1 is 1.00 bits per heavy atom. The summed E-state index contributed by atoms with van der Waals surface area (Å²) in [5.74, 6) is 1.12. The Hall–Kier alpha value is -2.15. The molecule has 1 saturated carbocycles. The third-order valence-corrected chi connectivity index (χ3v) is 6.38. The van der Waals surface area contributed by atoms with Crippen LogP contribution in [-0.4, -0.2) is 78.0 Å². The lowest BCUT2D eigenvalue weighted by Crippen LogP contribution is -2.55. The van der Waals surface area contributed by atoms with Crippen LogP contribution in [0.5, 0.6) is 0 Å². The van der Waals surface area contributed by atoms with Gasteiger partial charge in [0.15, 0.2) is 0 Å². The van der Waals surface area contributed by atoms with Crippen molar-refractivity contribution in [2.24, 2.45) is 0 Å². The Morgan fingerprint density at radius 3 is 2.28 bits per heavy atom. The van der Waals surface area contributed by atoms with E-state index in [1.807, 2.05) is 24.0 Å². The Balaban J connectivity index is 1.29. The summed E-state index contributed by atoms with van der Waals surface area (Å²) >= 11 is 0. The van der Waals surface area contributed by atoms with Gasteiger partial charge < -0.3 is 15.1 Å². The average molecular weight is 400 g/mol. The first kappa shape index (κ1) is 20.1. The molecule has 1 aromatic rings. The molecular weight excluding hydrogens is 366 g/mol. The zero-order chi connectivity index (χ0) is 20.2. The maximum Gasteiger partial charge on any atom is 0.255 e. The lowest BCUT2D eigenvalue weighted by Gasteiger charge is -2.37. The van der Waals surface area contributed by atoms with Crippen LogP contribution < -0.4 is 10.2 Å². The van der Waals surface area contributed by atoms with Crippen LogP contribution in [-0.2, 0) is 4.79 Å². The van der Waals surface area contributed by atoms with Crippen LogP contribution in [0.4, 0.5) is 5.82 Å². The summed E-state index contributed by atoms with van der Waals surface area (Å²) in [5, 5.41) is 3.07. The van der Waals surface area contributed by atoms with Crippen molar-refractivity contribution in [3.8, 4) is 0 Å². The van der Waals surface area contributed by atoms with Gasteiger partial charge in [-0.25, -0.2) is 4.98 Å². The van der Waals surface area contributed by atoms with Crippen LogP contribution >= 0.6 is 0 Å². The number of carbonyl (C=O) groups is 2. The molecule has 3 aliphatic rings. The summed E-state index contributed by atoms with van der Waals surface area (Å²) in [4.78, 5) is 36.1. The first-order valence-electron chi connectivity index (χ1n) is 11.2. The Kier molecular flexibility index (Phi) is 6.33. The van der Waals surface area contributed by atoms with E-state index in [0.29, 0.717) is 24.7 Å². The molecule has 3 fully saturated rings. The molecule has 0 aromatic carbocycles. The SMILES string of the molecule is CC(C(=O)NC1CC1)N1CCN(C(=O)c2ccc(N3CCCCCC3)nc2)CC1. The molecule has 0 radical (unpaired) electrons. The van der Waals surface area contributed by atoms with E-state index in [0.717, 1.165) is 44.8 Å². The molecule has 3 heterocycles. The minimum absolute atomic E-state index is 0.0367. The van der Waals surface area contributed by atoms with Gasteiger partial charge in [-0.15, -0.1) is 0 Å². The third kappa shape index (κ3) is 5.07. The highest BCUT2D eigenvalue weighted by atomic mass is 16.2. The fraction of sp³-hybridized carbons (Fsp3) is 0.682. The molecule has 1 N–H and O–H groups in total. The molecule has 0 spiro atoms. The van der Waals surface area contributed by atoms with Gasteiger partial charge in [0.2, 0.25) is 5.91 Å². The number of hydrogen-bond donors (Lipinski definition) is 1. The maximum absolute atomic E-state index is 12.9. The van der Waals surface area contributed by atoms with Gasteiger partial charge in [-0.2, -0.15) is 0 Å². The number of hydrogen-bond acceptors (Lipinski definition) is 5. The lowest BCUT2D eigenvalue weighted by molar-refractivity contribution is -0.126. The van der Waals surface area contributed by atoms with Gasteiger partial charge in [0, 0.05) is 51.5 Å². The summed E-state index contributed by atoms with van der Waals surface area (Å²) in [6.45, 7) is 6.81. The van der Waals surface area contributed by atoms with Crippen molar-refractivity contribution in [2.45, 2.75) is 57.5 Å². The highest BCUT2D eigenvalue weighted by Gasteiger charge is 2.31. The number of pyridine rings is 1. The summed E-state index contributed by atoms with van der Waals surface area (Å²) in [7, 11) is 0. The third-order valence-electron chi connectivity index (χ3n) is 6.38.